The van der Waals surface area contributed by atoms with Gasteiger partial charge in [0.05, 0.1) is 11.6 Å². The predicted octanol–water partition coefficient (Wildman–Crippen LogP) is 2.77. The van der Waals surface area contributed by atoms with Crippen LogP contribution in [0.5, 0.6) is 11.5 Å². The SMILES string of the molecule is N#Cc1ccc(Oc2cc(Cl)cc(Cl)c2)c(S(=O)(=O)N2CCNC(CN3C(=O)CCC3=O)C2)c1. The van der Waals surface area contributed by atoms with Crippen LogP contribution in [0.2, 0.25) is 10.0 Å². The van der Waals surface area contributed by atoms with Crippen molar-refractivity contribution in [3.05, 3.63) is 52.0 Å². The smallest absolute Gasteiger partial charge is 0.246 e. The lowest BCUT2D eigenvalue weighted by molar-refractivity contribution is -0.138. The molecule has 2 aliphatic heterocycles. The van der Waals surface area contributed by atoms with Crippen molar-refractivity contribution in [1.82, 2.24) is 14.5 Å². The number of carbonyl (C=O) groups excluding carboxylic acids is 2. The minimum Gasteiger partial charge on any atom is -0.456 e. The summed E-state index contributed by atoms with van der Waals surface area (Å²) in [5, 5.41) is 13.1. The van der Waals surface area contributed by atoms with Gasteiger partial charge in [-0.25, -0.2) is 8.42 Å². The first-order valence-corrected chi connectivity index (χ1v) is 12.6. The van der Waals surface area contributed by atoms with Gasteiger partial charge in [-0.2, -0.15) is 9.57 Å². The van der Waals surface area contributed by atoms with Crippen LogP contribution >= 0.6 is 23.2 Å². The second-order valence-corrected chi connectivity index (χ2v) is 10.7. The Morgan fingerprint density at radius 3 is 2.41 bits per heavy atom. The van der Waals surface area contributed by atoms with E-state index in [1.807, 2.05) is 6.07 Å². The molecule has 2 aliphatic rings. The number of hydrogen-bond donors (Lipinski definition) is 1. The molecule has 2 aromatic rings. The highest BCUT2D eigenvalue weighted by atomic mass is 35.5. The van der Waals surface area contributed by atoms with Crippen LogP contribution in [0.25, 0.3) is 0 Å². The number of likely N-dealkylation sites (tertiary alicyclic amines) is 1. The van der Waals surface area contributed by atoms with Gasteiger partial charge in [0.15, 0.2) is 0 Å². The number of amides is 2. The first kappa shape index (κ1) is 24.4. The summed E-state index contributed by atoms with van der Waals surface area (Å²) < 4.78 is 34.3. The molecule has 0 spiro atoms. The Balaban J connectivity index is 1.62. The van der Waals surface area contributed by atoms with E-state index in [9.17, 15) is 23.3 Å². The molecular weight excluding hydrogens is 503 g/mol. The van der Waals surface area contributed by atoms with Crippen molar-refractivity contribution in [3.8, 4) is 17.6 Å². The summed E-state index contributed by atoms with van der Waals surface area (Å²) in [5.74, 6) is -0.269. The average molecular weight is 523 g/mol. The first-order chi connectivity index (χ1) is 16.2. The zero-order valence-electron chi connectivity index (χ0n) is 17.8. The van der Waals surface area contributed by atoms with Gasteiger partial charge in [0.2, 0.25) is 21.8 Å². The third kappa shape index (κ3) is 5.19. The third-order valence-corrected chi connectivity index (χ3v) is 7.85. The van der Waals surface area contributed by atoms with Crippen LogP contribution in [0.15, 0.2) is 41.3 Å². The number of carbonyl (C=O) groups is 2. The van der Waals surface area contributed by atoms with Gasteiger partial charge in [-0.3, -0.25) is 14.5 Å². The van der Waals surface area contributed by atoms with E-state index < -0.39 is 16.1 Å². The number of halogens is 2. The molecule has 0 aliphatic carbocycles. The van der Waals surface area contributed by atoms with Gasteiger partial charge in [-0.15, -0.1) is 0 Å². The lowest BCUT2D eigenvalue weighted by Gasteiger charge is -2.34. The molecule has 2 amide bonds. The summed E-state index contributed by atoms with van der Waals surface area (Å²) in [6, 6.07) is 10.1. The largest absolute Gasteiger partial charge is 0.456 e. The van der Waals surface area contributed by atoms with Crippen molar-refractivity contribution in [2.24, 2.45) is 0 Å². The Morgan fingerprint density at radius 2 is 1.76 bits per heavy atom. The quantitative estimate of drug-likeness (QED) is 0.579. The van der Waals surface area contributed by atoms with Crippen molar-refractivity contribution < 1.29 is 22.7 Å². The fraction of sp³-hybridized carbons (Fsp3) is 0.318. The molecule has 2 heterocycles. The van der Waals surface area contributed by atoms with E-state index in [-0.39, 0.29) is 66.2 Å². The Labute approximate surface area is 206 Å². The second-order valence-electron chi connectivity index (χ2n) is 7.89. The maximum atomic E-state index is 13.6. The molecule has 178 valence electrons. The molecule has 12 heteroatoms. The molecule has 0 saturated carbocycles. The van der Waals surface area contributed by atoms with E-state index >= 15 is 0 Å². The van der Waals surface area contributed by atoms with E-state index in [4.69, 9.17) is 27.9 Å². The Bertz CT molecular complexity index is 1260. The number of hydrogen-bond acceptors (Lipinski definition) is 7. The highest BCUT2D eigenvalue weighted by Crippen LogP contribution is 2.34. The van der Waals surface area contributed by atoms with Gasteiger partial charge in [0.25, 0.3) is 0 Å². The highest BCUT2D eigenvalue weighted by Gasteiger charge is 2.36. The van der Waals surface area contributed by atoms with Crippen molar-refractivity contribution in [2.45, 2.75) is 23.8 Å². The number of nitrogens with zero attached hydrogens (tertiary/aromatic N) is 3. The molecule has 0 radical (unpaired) electrons. The summed E-state index contributed by atoms with van der Waals surface area (Å²) in [4.78, 5) is 24.9. The average Bonchev–Trinajstić information content (AvgIpc) is 3.11. The zero-order valence-corrected chi connectivity index (χ0v) is 20.2. The summed E-state index contributed by atoms with van der Waals surface area (Å²) >= 11 is 12.1. The lowest BCUT2D eigenvalue weighted by atomic mass is 10.2. The van der Waals surface area contributed by atoms with Crippen molar-refractivity contribution >= 4 is 45.0 Å². The number of imide groups is 1. The maximum absolute atomic E-state index is 13.6. The van der Waals surface area contributed by atoms with Crippen LogP contribution in [0, 0.1) is 11.3 Å². The fourth-order valence-corrected chi connectivity index (χ4v) is 6.03. The number of nitriles is 1. The van der Waals surface area contributed by atoms with E-state index in [2.05, 4.69) is 5.32 Å². The molecule has 1 N–H and O–H groups in total. The Hall–Kier alpha value is -2.68. The third-order valence-electron chi connectivity index (χ3n) is 5.53. The standard InChI is InChI=1S/C22H20Cl2N4O5S/c23-15-8-16(24)10-18(9-15)33-19-2-1-14(11-25)7-20(19)34(31,32)27-6-5-26-17(12-27)13-28-21(29)3-4-22(28)30/h1-2,7-10,17,26H,3-6,12-13H2. The Morgan fingerprint density at radius 1 is 1.09 bits per heavy atom. The highest BCUT2D eigenvalue weighted by molar-refractivity contribution is 7.89. The van der Waals surface area contributed by atoms with Crippen LogP contribution < -0.4 is 10.1 Å². The predicted molar refractivity (Wildman–Crippen MR) is 124 cm³/mol. The zero-order chi connectivity index (χ0) is 24.5. The summed E-state index contributed by atoms with van der Waals surface area (Å²) in [5.41, 5.74) is 0.148. The van der Waals surface area contributed by atoms with Crippen molar-refractivity contribution in [3.63, 3.8) is 0 Å². The van der Waals surface area contributed by atoms with E-state index in [1.54, 1.807) is 0 Å². The minimum atomic E-state index is -4.10. The molecule has 2 fully saturated rings. The molecular formula is C22H20Cl2N4O5S. The van der Waals surface area contributed by atoms with E-state index in [1.165, 1.54) is 45.6 Å². The number of rotatable bonds is 6. The van der Waals surface area contributed by atoms with Crippen LogP contribution in [-0.4, -0.2) is 61.7 Å². The van der Waals surface area contributed by atoms with Gasteiger partial charge in [0.1, 0.15) is 16.4 Å². The van der Waals surface area contributed by atoms with Crippen LogP contribution in [0.4, 0.5) is 0 Å². The van der Waals surface area contributed by atoms with Crippen LogP contribution in [-0.2, 0) is 19.6 Å². The minimum absolute atomic E-state index is 0.0114. The molecule has 0 aromatic heterocycles. The Kier molecular flexibility index (Phi) is 7.12. The topological polar surface area (TPSA) is 120 Å². The van der Waals surface area contributed by atoms with Crippen molar-refractivity contribution in [2.75, 3.05) is 26.2 Å². The van der Waals surface area contributed by atoms with Gasteiger partial charge >= 0.3 is 0 Å². The molecule has 34 heavy (non-hydrogen) atoms. The van der Waals surface area contributed by atoms with E-state index in [0.717, 1.165) is 0 Å². The number of nitrogens with one attached hydrogen (secondary N) is 1. The molecule has 4 rings (SSSR count). The number of piperazine rings is 1. The fourth-order valence-electron chi connectivity index (χ4n) is 3.90. The first-order valence-electron chi connectivity index (χ1n) is 10.4. The summed E-state index contributed by atoms with van der Waals surface area (Å²) in [7, 11) is -4.10. The van der Waals surface area contributed by atoms with E-state index in [0.29, 0.717) is 16.6 Å². The van der Waals surface area contributed by atoms with Crippen LogP contribution in [0.1, 0.15) is 18.4 Å². The maximum Gasteiger partial charge on any atom is 0.246 e. The van der Waals surface area contributed by atoms with Gasteiger partial charge in [-0.1, -0.05) is 23.2 Å². The van der Waals surface area contributed by atoms with Gasteiger partial charge in [-0.05, 0) is 36.4 Å². The molecule has 9 nitrogen and oxygen atoms in total. The second kappa shape index (κ2) is 9.90. The van der Waals surface area contributed by atoms with Crippen molar-refractivity contribution in [1.29, 1.82) is 5.26 Å². The molecule has 1 unspecified atom stereocenters. The molecule has 2 aromatic carbocycles. The lowest BCUT2D eigenvalue weighted by Crippen LogP contribution is -2.56. The summed E-state index contributed by atoms with van der Waals surface area (Å²) in [6.45, 7) is 0.628. The molecule has 0 bridgehead atoms. The number of ether oxygens (including phenoxy) is 1. The number of benzene rings is 2. The van der Waals surface area contributed by atoms with Gasteiger partial charge < -0.3 is 10.1 Å². The number of sulfonamides is 1. The molecule has 1 atom stereocenters. The molecule has 2 saturated heterocycles. The van der Waals surface area contributed by atoms with Crippen LogP contribution in [0.3, 0.4) is 0 Å². The van der Waals surface area contributed by atoms with Gasteiger partial charge in [0, 0.05) is 55.1 Å². The monoisotopic (exact) mass is 522 g/mol. The summed E-state index contributed by atoms with van der Waals surface area (Å²) in [6.07, 6.45) is 0.339. The normalized spacial score (nSPS) is 19.3.